The number of hydrogen-bond donors (Lipinski definition) is 3. The molecule has 0 aliphatic heterocycles. The number of unbranched alkanes of at least 4 members (excludes halogenated alkanes) is 11. The maximum absolute atomic E-state index is 10.2. The third kappa shape index (κ3) is 22.0. The molecule has 0 rings (SSSR count). The first-order valence-corrected chi connectivity index (χ1v) is 13.0. The Morgan fingerprint density at radius 2 is 1.19 bits per heavy atom. The second-order valence-corrected chi connectivity index (χ2v) is 9.43. The predicted octanol–water partition coefficient (Wildman–Crippen LogP) is 4.08. The molecule has 0 fully saturated rings. The zero-order chi connectivity index (χ0) is 21.1. The summed E-state index contributed by atoms with van der Waals surface area (Å²) in [6, 6.07) is 0. The molecule has 0 saturated heterocycles. The van der Waals surface area contributed by atoms with Crippen LogP contribution in [0.5, 0.6) is 0 Å². The third-order valence-electron chi connectivity index (χ3n) is 4.20. The second-order valence-electron chi connectivity index (χ2n) is 6.83. The largest absolute Gasteiger partial charge is 0.481 e. The van der Waals surface area contributed by atoms with E-state index in [-0.39, 0.29) is 0 Å². The molecule has 0 bridgehead atoms. The number of carboxylic acid groups (broad SMARTS) is 2. The van der Waals surface area contributed by atoms with Crippen molar-refractivity contribution in [2.24, 2.45) is 0 Å². The molecule has 0 heterocycles. The van der Waals surface area contributed by atoms with Crippen LogP contribution in [-0.4, -0.2) is 68.3 Å². The predicted molar refractivity (Wildman–Crippen MR) is 107 cm³/mol. The summed E-state index contributed by atoms with van der Waals surface area (Å²) in [7, 11) is -4.84. The van der Waals surface area contributed by atoms with Crippen LogP contribution < -0.4 is 0 Å². The van der Waals surface area contributed by atoms with Gasteiger partial charge in [-0.3, -0.25) is 14.1 Å². The van der Waals surface area contributed by atoms with Gasteiger partial charge in [-0.15, -0.1) is 0 Å². The molecule has 3 N–H and O–H groups in total. The van der Waals surface area contributed by atoms with Crippen molar-refractivity contribution in [1.29, 1.82) is 0 Å². The zero-order valence-corrected chi connectivity index (χ0v) is 19.7. The van der Waals surface area contributed by atoms with Crippen LogP contribution in [0, 0.1) is 0 Å². The van der Waals surface area contributed by atoms with Crippen LogP contribution in [-0.2, 0) is 19.7 Å². The molecule has 0 radical (unpaired) electrons. The molecule has 0 aromatic heterocycles. The molecule has 0 spiro atoms. The molecule has 0 aromatic carbocycles. The summed E-state index contributed by atoms with van der Waals surface area (Å²) in [4.78, 5) is 20.0. The Labute approximate surface area is 181 Å². The van der Waals surface area contributed by atoms with Crippen molar-refractivity contribution in [1.82, 2.24) is 0 Å². The number of aliphatic carboxylic acids is 2. The first kappa shape index (κ1) is 29.1. The van der Waals surface area contributed by atoms with E-state index in [4.69, 9.17) is 14.8 Å². The molecular weight excluding hydrogens is 383 g/mol. The third-order valence-corrected chi connectivity index (χ3v) is 6.00. The Hall–Kier alpha value is -0.150. The van der Waals surface area contributed by atoms with Crippen molar-refractivity contribution in [3.8, 4) is 0 Å². The minimum absolute atomic E-state index is 1.16. The van der Waals surface area contributed by atoms with Gasteiger partial charge in [-0.25, -0.2) is 0 Å². The van der Waals surface area contributed by atoms with Gasteiger partial charge in [0.15, 0.2) is 5.25 Å². The number of carboxylic acids is 2. The normalized spacial score (nSPS) is 12.1. The van der Waals surface area contributed by atoms with Crippen molar-refractivity contribution in [2.45, 2.75) is 99.3 Å². The van der Waals surface area contributed by atoms with Gasteiger partial charge in [0.2, 0.25) is 0 Å². The monoisotopic (exact) mass is 418 g/mol. The Morgan fingerprint density at radius 1 is 0.815 bits per heavy atom. The number of rotatable bonds is 16. The quantitative estimate of drug-likeness (QED) is 0.196. The maximum Gasteiger partial charge on any atom is 0.325 e. The second kappa shape index (κ2) is 19.2. The fourth-order valence-corrected chi connectivity index (χ4v) is 3.68. The van der Waals surface area contributed by atoms with Crippen molar-refractivity contribution in [3.05, 3.63) is 0 Å². The Bertz CT molecular complexity index is 468. The van der Waals surface area contributed by atoms with Crippen LogP contribution in [0.4, 0.5) is 0 Å². The molecule has 1 unspecified atom stereocenters. The summed E-state index contributed by atoms with van der Waals surface area (Å²) in [6.45, 7) is 2.29. The van der Waals surface area contributed by atoms with Crippen molar-refractivity contribution >= 4 is 50.0 Å². The molecule has 156 valence electrons. The summed E-state index contributed by atoms with van der Waals surface area (Å²) in [5.41, 5.74) is 0. The van der Waals surface area contributed by atoms with Crippen LogP contribution in [0.3, 0.4) is 0 Å². The van der Waals surface area contributed by atoms with Crippen molar-refractivity contribution in [2.75, 3.05) is 0 Å². The molecule has 0 aliphatic rings. The van der Waals surface area contributed by atoms with Crippen molar-refractivity contribution < 1.29 is 32.8 Å². The Balaban J connectivity index is 0. The zero-order valence-electron chi connectivity index (χ0n) is 16.9. The Morgan fingerprint density at radius 3 is 1.41 bits per heavy atom. The van der Waals surface area contributed by atoms with E-state index >= 15 is 0 Å². The smallest absolute Gasteiger partial charge is 0.325 e. The minimum Gasteiger partial charge on any atom is -0.481 e. The minimum atomic E-state index is -4.84. The van der Waals surface area contributed by atoms with Crippen LogP contribution in [0.1, 0.15) is 90.4 Å². The van der Waals surface area contributed by atoms with Crippen LogP contribution in [0.15, 0.2) is 0 Å². The van der Waals surface area contributed by atoms with Gasteiger partial charge in [0.25, 0.3) is 10.1 Å². The first-order chi connectivity index (χ1) is 12.7. The SMILES string of the molecule is CCCCCCCCCCCCC[CH2][Na].O=C(O)CC(C(=O)O)S(=O)(=O)O. The molecule has 1 atom stereocenters. The summed E-state index contributed by atoms with van der Waals surface area (Å²) in [5.74, 6) is -3.50. The van der Waals surface area contributed by atoms with Gasteiger partial charge in [0.05, 0.1) is 6.42 Å². The molecule has 0 saturated carbocycles. The van der Waals surface area contributed by atoms with Gasteiger partial charge in [-0.2, -0.15) is 8.42 Å². The standard InChI is InChI=1S/C14H29.C4H6O7S.Na/c1-3-5-7-9-11-13-14-12-10-8-6-4-2;5-3(6)1-2(4(7)8)12(9,10)11;/h1,3-14H2,2H3;2H,1H2,(H,5,6)(H,7,8)(H,9,10,11);. The van der Waals surface area contributed by atoms with E-state index in [1.165, 1.54) is 109 Å². The van der Waals surface area contributed by atoms with E-state index in [2.05, 4.69) is 6.92 Å². The van der Waals surface area contributed by atoms with Gasteiger partial charge >= 0.3 is 114 Å². The maximum atomic E-state index is 10.2. The molecule has 9 heteroatoms. The molecule has 0 aromatic rings. The van der Waals surface area contributed by atoms with Crippen LogP contribution >= 0.6 is 0 Å². The van der Waals surface area contributed by atoms with Gasteiger partial charge in [-0.1, -0.05) is 13.3 Å². The summed E-state index contributed by atoms with van der Waals surface area (Å²) in [5, 5.41) is 13.9. The summed E-state index contributed by atoms with van der Waals surface area (Å²) < 4.78 is 30.2. The molecule has 0 aliphatic carbocycles. The van der Waals surface area contributed by atoms with E-state index in [1.807, 2.05) is 0 Å². The van der Waals surface area contributed by atoms with Gasteiger partial charge in [0.1, 0.15) is 0 Å². The van der Waals surface area contributed by atoms with Gasteiger partial charge < -0.3 is 10.2 Å². The fraction of sp³-hybridized carbons (Fsp3) is 0.889. The first-order valence-electron chi connectivity index (χ1n) is 10.1. The Kier molecular flexibility index (Phi) is 20.6. The van der Waals surface area contributed by atoms with E-state index in [0.717, 1.165) is 0 Å². The number of hydrogen-bond acceptors (Lipinski definition) is 4. The van der Waals surface area contributed by atoms with E-state index in [0.29, 0.717) is 0 Å². The summed E-state index contributed by atoms with van der Waals surface area (Å²) >= 11 is 1.41. The van der Waals surface area contributed by atoms with Gasteiger partial charge in [0, 0.05) is 0 Å². The van der Waals surface area contributed by atoms with E-state index in [9.17, 15) is 18.0 Å². The molecule has 7 nitrogen and oxygen atoms in total. The molecule has 0 amide bonds. The molecule has 27 heavy (non-hydrogen) atoms. The fourth-order valence-electron chi connectivity index (χ4n) is 2.57. The van der Waals surface area contributed by atoms with Crippen molar-refractivity contribution in [3.63, 3.8) is 0 Å². The van der Waals surface area contributed by atoms with E-state index in [1.54, 1.807) is 0 Å². The average Bonchev–Trinajstić information content (AvgIpc) is 2.57. The average molecular weight is 419 g/mol. The number of carbonyl (C=O) groups is 2. The molecular formula is C18H35NaO7S. The van der Waals surface area contributed by atoms with E-state index < -0.39 is 33.7 Å². The van der Waals surface area contributed by atoms with Gasteiger partial charge in [-0.05, 0) is 0 Å². The van der Waals surface area contributed by atoms with Crippen LogP contribution in [0.25, 0.3) is 0 Å². The topological polar surface area (TPSA) is 129 Å². The summed E-state index contributed by atoms with van der Waals surface area (Å²) in [6.07, 6.45) is 16.6. The van der Waals surface area contributed by atoms with Crippen LogP contribution in [0.2, 0.25) is 3.67 Å².